The zero-order valence-electron chi connectivity index (χ0n) is 14.5. The van der Waals surface area contributed by atoms with Crippen LogP contribution >= 0.6 is 11.3 Å². The number of esters is 1. The predicted molar refractivity (Wildman–Crippen MR) is 93.7 cm³/mol. The maximum Gasteiger partial charge on any atom is 0.307 e. The third kappa shape index (κ3) is 2.92. The Morgan fingerprint density at radius 3 is 2.19 bits per heavy atom. The summed E-state index contributed by atoms with van der Waals surface area (Å²) >= 11 is 1.29. The van der Waals surface area contributed by atoms with Crippen molar-refractivity contribution in [3.05, 3.63) is 45.6 Å². The molecule has 8 heteroatoms. The maximum atomic E-state index is 12.7. The molecule has 1 aromatic carbocycles. The number of hydrogen-bond donors (Lipinski definition) is 0. The van der Waals surface area contributed by atoms with Gasteiger partial charge >= 0.3 is 5.97 Å². The molecule has 0 spiro atoms. The average molecular weight is 375 g/mol. The lowest BCUT2D eigenvalue weighted by Gasteiger charge is -2.26. The van der Waals surface area contributed by atoms with Gasteiger partial charge in [-0.1, -0.05) is 6.07 Å². The number of methoxy groups -OCH3 is 3. The van der Waals surface area contributed by atoms with Gasteiger partial charge in [-0.05, 0) is 17.7 Å². The zero-order valence-corrected chi connectivity index (χ0v) is 15.3. The van der Waals surface area contributed by atoms with Gasteiger partial charge in [0.25, 0.3) is 11.8 Å². The lowest BCUT2D eigenvalue weighted by Crippen LogP contribution is -2.35. The van der Waals surface area contributed by atoms with E-state index < -0.39 is 23.8 Å². The highest BCUT2D eigenvalue weighted by atomic mass is 32.1. The monoisotopic (exact) mass is 375 g/mol. The number of rotatable bonds is 6. The first-order valence-electron chi connectivity index (χ1n) is 7.74. The van der Waals surface area contributed by atoms with Crippen molar-refractivity contribution in [2.75, 3.05) is 21.3 Å². The Morgan fingerprint density at radius 1 is 1.04 bits per heavy atom. The third-order valence-corrected chi connectivity index (χ3v) is 5.00. The van der Waals surface area contributed by atoms with Crippen LogP contribution in [0.1, 0.15) is 38.7 Å². The van der Waals surface area contributed by atoms with Crippen LogP contribution in [0.5, 0.6) is 11.5 Å². The second-order valence-electron chi connectivity index (χ2n) is 5.59. The van der Waals surface area contributed by atoms with Crippen LogP contribution in [0.15, 0.2) is 29.0 Å². The predicted octanol–water partition coefficient (Wildman–Crippen LogP) is 2.67. The second kappa shape index (κ2) is 7.17. The van der Waals surface area contributed by atoms with E-state index in [2.05, 4.69) is 0 Å². The van der Waals surface area contributed by atoms with Crippen LogP contribution in [0.25, 0.3) is 0 Å². The highest BCUT2D eigenvalue weighted by Gasteiger charge is 2.42. The van der Waals surface area contributed by atoms with Crippen LogP contribution in [0.4, 0.5) is 0 Å². The summed E-state index contributed by atoms with van der Waals surface area (Å²) in [5.74, 6) is -0.427. The van der Waals surface area contributed by atoms with E-state index in [9.17, 15) is 14.4 Å². The number of carbonyl (C=O) groups excluding carboxylic acids is 3. The molecule has 0 aliphatic carbocycles. The number of hydrogen-bond acceptors (Lipinski definition) is 7. The fraction of sp³-hybridized carbons (Fsp3) is 0.278. The number of carbonyl (C=O) groups is 3. The summed E-state index contributed by atoms with van der Waals surface area (Å²) < 4.78 is 15.3. The molecule has 0 saturated heterocycles. The highest BCUT2D eigenvalue weighted by molar-refractivity contribution is 7.08. The molecule has 1 unspecified atom stereocenters. The number of imide groups is 1. The fourth-order valence-electron chi connectivity index (χ4n) is 2.92. The van der Waals surface area contributed by atoms with Crippen LogP contribution in [0.2, 0.25) is 0 Å². The van der Waals surface area contributed by atoms with Gasteiger partial charge in [0.05, 0.1) is 44.9 Å². The van der Waals surface area contributed by atoms with Gasteiger partial charge in [0.1, 0.15) is 0 Å². The minimum Gasteiger partial charge on any atom is -0.493 e. The summed E-state index contributed by atoms with van der Waals surface area (Å²) in [5, 5.41) is 3.28. The van der Waals surface area contributed by atoms with E-state index in [0.717, 1.165) is 4.90 Å². The number of amides is 2. The van der Waals surface area contributed by atoms with Gasteiger partial charge in [-0.2, -0.15) is 11.3 Å². The molecule has 1 atom stereocenters. The molecule has 26 heavy (non-hydrogen) atoms. The molecule has 1 aliphatic heterocycles. The van der Waals surface area contributed by atoms with Gasteiger partial charge in [-0.15, -0.1) is 0 Å². The van der Waals surface area contributed by atoms with Crippen molar-refractivity contribution in [2.45, 2.75) is 12.5 Å². The summed E-state index contributed by atoms with van der Waals surface area (Å²) in [5.41, 5.74) is 1.29. The lowest BCUT2D eigenvalue weighted by molar-refractivity contribution is -0.141. The molecule has 0 N–H and O–H groups in total. The van der Waals surface area contributed by atoms with E-state index in [4.69, 9.17) is 14.2 Å². The van der Waals surface area contributed by atoms with Crippen LogP contribution < -0.4 is 9.47 Å². The molecule has 1 aliphatic rings. The number of benzene rings is 1. The Hall–Kier alpha value is -2.87. The van der Waals surface area contributed by atoms with Gasteiger partial charge in [0.15, 0.2) is 11.5 Å². The van der Waals surface area contributed by atoms with E-state index >= 15 is 0 Å². The van der Waals surface area contributed by atoms with E-state index in [0.29, 0.717) is 28.2 Å². The van der Waals surface area contributed by atoms with Gasteiger partial charge in [-0.3, -0.25) is 19.3 Å². The van der Waals surface area contributed by atoms with Crippen LogP contribution in [0, 0.1) is 0 Å². The Balaban J connectivity index is 2.04. The van der Waals surface area contributed by atoms with E-state index in [1.165, 1.54) is 32.7 Å². The minimum absolute atomic E-state index is 0.156. The van der Waals surface area contributed by atoms with Crippen molar-refractivity contribution in [2.24, 2.45) is 0 Å². The Kier molecular flexibility index (Phi) is 4.94. The summed E-state index contributed by atoms with van der Waals surface area (Å²) in [6, 6.07) is 4.21. The lowest BCUT2D eigenvalue weighted by atomic mass is 10.0. The van der Waals surface area contributed by atoms with Gasteiger partial charge < -0.3 is 14.2 Å². The van der Waals surface area contributed by atoms with Crippen molar-refractivity contribution in [3.8, 4) is 11.5 Å². The summed E-state index contributed by atoms with van der Waals surface area (Å²) in [6.07, 6.45) is -0.156. The highest BCUT2D eigenvalue weighted by Crippen LogP contribution is 2.38. The van der Waals surface area contributed by atoms with Crippen LogP contribution in [-0.2, 0) is 9.53 Å². The fourth-order valence-corrected chi connectivity index (χ4v) is 3.72. The molecule has 2 aromatic rings. The molecule has 0 bridgehead atoms. The first-order chi connectivity index (χ1) is 12.5. The average Bonchev–Trinajstić information content (AvgIpc) is 3.23. The standard InChI is InChI=1S/C18H17NO6S/c1-23-14-5-4-10(6-15(14)24-2)13(7-16(20)25-3)19-17(21)11-8-26-9-12(11)18(19)22/h4-6,8-9,13H,7H2,1-3H3. The second-order valence-corrected chi connectivity index (χ2v) is 6.33. The number of fused-ring (bicyclic) bond motifs is 1. The Labute approximate surface area is 154 Å². The molecular weight excluding hydrogens is 358 g/mol. The largest absolute Gasteiger partial charge is 0.493 e. The normalized spacial score (nSPS) is 14.2. The van der Waals surface area contributed by atoms with Crippen molar-refractivity contribution < 1.29 is 28.6 Å². The van der Waals surface area contributed by atoms with Crippen LogP contribution in [-0.4, -0.2) is 44.0 Å². The third-order valence-electron chi connectivity index (χ3n) is 4.25. The first-order valence-corrected chi connectivity index (χ1v) is 8.68. The topological polar surface area (TPSA) is 82.1 Å². The van der Waals surface area contributed by atoms with Gasteiger partial charge in [0, 0.05) is 10.8 Å². The van der Waals surface area contributed by atoms with Crippen molar-refractivity contribution in [1.29, 1.82) is 0 Å². The van der Waals surface area contributed by atoms with E-state index in [-0.39, 0.29) is 6.42 Å². The summed E-state index contributed by atoms with van der Waals surface area (Å²) in [6.45, 7) is 0. The molecule has 136 valence electrons. The molecule has 1 aromatic heterocycles. The number of nitrogens with zero attached hydrogens (tertiary/aromatic N) is 1. The smallest absolute Gasteiger partial charge is 0.307 e. The molecule has 0 saturated carbocycles. The number of ether oxygens (including phenoxy) is 3. The Morgan fingerprint density at radius 2 is 1.65 bits per heavy atom. The number of thiophene rings is 1. The minimum atomic E-state index is -0.806. The molecule has 3 rings (SSSR count). The molecule has 2 amide bonds. The van der Waals surface area contributed by atoms with E-state index in [1.807, 2.05) is 0 Å². The summed E-state index contributed by atoms with van der Waals surface area (Å²) in [7, 11) is 4.26. The van der Waals surface area contributed by atoms with Crippen molar-refractivity contribution in [1.82, 2.24) is 4.90 Å². The van der Waals surface area contributed by atoms with Gasteiger partial charge in [0.2, 0.25) is 0 Å². The zero-order chi connectivity index (χ0) is 18.8. The van der Waals surface area contributed by atoms with Crippen LogP contribution in [0.3, 0.4) is 0 Å². The summed E-state index contributed by atoms with van der Waals surface area (Å²) in [4.78, 5) is 38.5. The molecule has 0 fully saturated rings. The first kappa shape index (κ1) is 17.9. The molecule has 7 nitrogen and oxygen atoms in total. The quantitative estimate of drug-likeness (QED) is 0.570. The van der Waals surface area contributed by atoms with Crippen molar-refractivity contribution >= 4 is 29.1 Å². The van der Waals surface area contributed by atoms with E-state index in [1.54, 1.807) is 29.0 Å². The SMILES string of the molecule is COC(=O)CC(c1ccc(OC)c(OC)c1)N1C(=O)c2cscc2C1=O. The van der Waals surface area contributed by atoms with Gasteiger partial charge in [-0.25, -0.2) is 0 Å². The molecule has 0 radical (unpaired) electrons. The molecular formula is C18H17NO6S. The van der Waals surface area contributed by atoms with Crippen molar-refractivity contribution in [3.63, 3.8) is 0 Å². The Bertz CT molecular complexity index is 844. The molecule has 2 heterocycles. The maximum absolute atomic E-state index is 12.7.